The standard InChI is InChI=1S/C17H30O4/c1-5-16(12(3)4,14(18)19)17(6-2,15(20)21)13-10-8-7-9-11-13/h12-13H,5-11H2,1-4H3,(H,18,19)(H,20,21). The number of hydrogen-bond acceptors (Lipinski definition) is 2. The van der Waals surface area contributed by atoms with E-state index in [-0.39, 0.29) is 11.8 Å². The van der Waals surface area contributed by atoms with E-state index >= 15 is 0 Å². The second-order valence-electron chi connectivity index (χ2n) is 6.75. The van der Waals surface area contributed by atoms with Crippen LogP contribution < -0.4 is 0 Å². The average Bonchev–Trinajstić information content (AvgIpc) is 2.44. The lowest BCUT2D eigenvalue weighted by Crippen LogP contribution is -2.59. The fourth-order valence-electron chi connectivity index (χ4n) is 4.91. The van der Waals surface area contributed by atoms with Crippen LogP contribution in [0.3, 0.4) is 0 Å². The summed E-state index contributed by atoms with van der Waals surface area (Å²) in [5.41, 5.74) is -2.36. The maximum atomic E-state index is 12.3. The van der Waals surface area contributed by atoms with Crippen LogP contribution in [-0.4, -0.2) is 22.2 Å². The minimum absolute atomic E-state index is 0.0350. The van der Waals surface area contributed by atoms with Crippen molar-refractivity contribution in [2.45, 2.75) is 72.6 Å². The van der Waals surface area contributed by atoms with Crippen molar-refractivity contribution in [3.05, 3.63) is 0 Å². The lowest BCUT2D eigenvalue weighted by molar-refractivity contribution is -0.190. The second kappa shape index (κ2) is 6.80. The molecule has 0 saturated heterocycles. The van der Waals surface area contributed by atoms with Gasteiger partial charge in [0.15, 0.2) is 0 Å². The first-order valence-corrected chi connectivity index (χ1v) is 8.28. The molecule has 0 radical (unpaired) electrons. The highest BCUT2D eigenvalue weighted by atomic mass is 16.4. The summed E-state index contributed by atoms with van der Waals surface area (Å²) in [4.78, 5) is 24.5. The number of carbonyl (C=O) groups is 2. The minimum atomic E-state index is -1.20. The molecular weight excluding hydrogens is 268 g/mol. The van der Waals surface area contributed by atoms with Crippen molar-refractivity contribution in [1.29, 1.82) is 0 Å². The molecule has 4 heteroatoms. The molecule has 0 bridgehead atoms. The Bertz CT molecular complexity index is 384. The normalized spacial score (nSPS) is 22.5. The van der Waals surface area contributed by atoms with Gasteiger partial charge in [-0.15, -0.1) is 0 Å². The Labute approximate surface area is 127 Å². The molecule has 1 aliphatic rings. The fourth-order valence-corrected chi connectivity index (χ4v) is 4.91. The Morgan fingerprint density at radius 2 is 1.52 bits per heavy atom. The number of aliphatic carboxylic acids is 2. The smallest absolute Gasteiger partial charge is 0.311 e. The van der Waals surface area contributed by atoms with E-state index in [0.717, 1.165) is 32.1 Å². The summed E-state index contributed by atoms with van der Waals surface area (Å²) in [5.74, 6) is -2.12. The molecule has 122 valence electrons. The number of rotatable bonds is 7. The van der Waals surface area contributed by atoms with Gasteiger partial charge in [-0.05, 0) is 37.5 Å². The van der Waals surface area contributed by atoms with E-state index < -0.39 is 22.8 Å². The molecule has 0 aliphatic heterocycles. The van der Waals surface area contributed by atoms with Crippen LogP contribution in [0.25, 0.3) is 0 Å². The molecule has 4 nitrogen and oxygen atoms in total. The van der Waals surface area contributed by atoms with Gasteiger partial charge >= 0.3 is 11.9 Å². The molecule has 0 aromatic rings. The van der Waals surface area contributed by atoms with Gasteiger partial charge < -0.3 is 10.2 Å². The molecule has 0 aromatic carbocycles. The van der Waals surface area contributed by atoms with E-state index in [9.17, 15) is 19.8 Å². The Kier molecular flexibility index (Phi) is 5.83. The maximum absolute atomic E-state index is 12.3. The van der Waals surface area contributed by atoms with Crippen molar-refractivity contribution < 1.29 is 19.8 Å². The van der Waals surface area contributed by atoms with Crippen LogP contribution in [0.5, 0.6) is 0 Å². The molecule has 0 amide bonds. The van der Waals surface area contributed by atoms with Gasteiger partial charge in [-0.1, -0.05) is 47.0 Å². The summed E-state index contributed by atoms with van der Waals surface area (Å²) >= 11 is 0. The molecule has 1 aliphatic carbocycles. The third kappa shape index (κ3) is 2.58. The van der Waals surface area contributed by atoms with Gasteiger partial charge in [0.25, 0.3) is 0 Å². The molecule has 21 heavy (non-hydrogen) atoms. The quantitative estimate of drug-likeness (QED) is 0.739. The zero-order valence-electron chi connectivity index (χ0n) is 13.8. The van der Waals surface area contributed by atoms with Crippen molar-refractivity contribution in [3.8, 4) is 0 Å². The summed E-state index contributed by atoms with van der Waals surface area (Å²) in [6.45, 7) is 7.38. The van der Waals surface area contributed by atoms with Gasteiger partial charge in [0.05, 0.1) is 10.8 Å². The van der Waals surface area contributed by atoms with E-state index in [2.05, 4.69) is 0 Å². The molecule has 0 spiro atoms. The lowest BCUT2D eigenvalue weighted by Gasteiger charge is -2.52. The van der Waals surface area contributed by atoms with Crippen LogP contribution in [0.15, 0.2) is 0 Å². The zero-order chi connectivity index (χ0) is 16.3. The van der Waals surface area contributed by atoms with Crippen molar-refractivity contribution in [1.82, 2.24) is 0 Å². The summed E-state index contributed by atoms with van der Waals surface area (Å²) in [6, 6.07) is 0. The molecule has 0 heterocycles. The first kappa shape index (κ1) is 18.0. The van der Waals surface area contributed by atoms with Crippen LogP contribution in [-0.2, 0) is 9.59 Å². The highest BCUT2D eigenvalue weighted by molar-refractivity contribution is 5.87. The predicted molar refractivity (Wildman–Crippen MR) is 82.1 cm³/mol. The van der Waals surface area contributed by atoms with E-state index in [1.807, 2.05) is 27.7 Å². The number of carboxylic acids is 2. The second-order valence-corrected chi connectivity index (χ2v) is 6.75. The van der Waals surface area contributed by atoms with Crippen molar-refractivity contribution in [3.63, 3.8) is 0 Å². The lowest BCUT2D eigenvalue weighted by atomic mass is 9.49. The van der Waals surface area contributed by atoms with Crippen LogP contribution in [0.2, 0.25) is 0 Å². The van der Waals surface area contributed by atoms with E-state index in [0.29, 0.717) is 12.8 Å². The maximum Gasteiger partial charge on any atom is 0.311 e. The summed E-state index contributed by atoms with van der Waals surface area (Å²) in [7, 11) is 0. The van der Waals surface area contributed by atoms with Crippen molar-refractivity contribution in [2.24, 2.45) is 22.7 Å². The van der Waals surface area contributed by atoms with Crippen molar-refractivity contribution >= 4 is 11.9 Å². The van der Waals surface area contributed by atoms with Gasteiger partial charge in [0, 0.05) is 0 Å². The van der Waals surface area contributed by atoms with E-state index in [1.165, 1.54) is 0 Å². The fraction of sp³-hybridized carbons (Fsp3) is 0.882. The summed E-state index contributed by atoms with van der Waals surface area (Å²) in [6.07, 6.45) is 5.56. The molecule has 2 unspecified atom stereocenters. The van der Waals surface area contributed by atoms with Crippen LogP contribution in [0.4, 0.5) is 0 Å². The molecule has 2 N–H and O–H groups in total. The molecular formula is C17H30O4. The third-order valence-corrected chi connectivity index (χ3v) is 5.96. The third-order valence-electron chi connectivity index (χ3n) is 5.96. The summed E-state index contributed by atoms with van der Waals surface area (Å²) in [5, 5.41) is 20.1. The highest BCUT2D eigenvalue weighted by Crippen LogP contribution is 2.58. The first-order valence-electron chi connectivity index (χ1n) is 8.28. The van der Waals surface area contributed by atoms with Gasteiger partial charge in [-0.3, -0.25) is 9.59 Å². The molecule has 1 saturated carbocycles. The van der Waals surface area contributed by atoms with Gasteiger partial charge in [0.2, 0.25) is 0 Å². The Morgan fingerprint density at radius 3 is 1.81 bits per heavy atom. The SMILES string of the molecule is CCC(C(=O)O)(C(C)C)C(CC)(C(=O)O)C1CCCCC1. The molecule has 0 aromatic heterocycles. The highest BCUT2D eigenvalue weighted by Gasteiger charge is 2.63. The molecule has 1 fully saturated rings. The zero-order valence-corrected chi connectivity index (χ0v) is 13.8. The summed E-state index contributed by atoms with van der Waals surface area (Å²) < 4.78 is 0. The monoisotopic (exact) mass is 298 g/mol. The largest absolute Gasteiger partial charge is 0.481 e. The minimum Gasteiger partial charge on any atom is -0.481 e. The van der Waals surface area contributed by atoms with Crippen LogP contribution in [0.1, 0.15) is 72.6 Å². The van der Waals surface area contributed by atoms with Gasteiger partial charge in [0.1, 0.15) is 0 Å². The van der Waals surface area contributed by atoms with Crippen LogP contribution in [0, 0.1) is 22.7 Å². The van der Waals surface area contributed by atoms with Crippen LogP contribution >= 0.6 is 0 Å². The Balaban J connectivity index is 3.52. The number of carboxylic acid groups (broad SMARTS) is 2. The van der Waals surface area contributed by atoms with Gasteiger partial charge in [-0.25, -0.2) is 0 Å². The van der Waals surface area contributed by atoms with E-state index in [1.54, 1.807) is 0 Å². The first-order chi connectivity index (χ1) is 9.81. The average molecular weight is 298 g/mol. The Hall–Kier alpha value is -1.06. The Morgan fingerprint density at radius 1 is 1.00 bits per heavy atom. The van der Waals surface area contributed by atoms with Gasteiger partial charge in [-0.2, -0.15) is 0 Å². The van der Waals surface area contributed by atoms with E-state index in [4.69, 9.17) is 0 Å². The molecule has 2 atom stereocenters. The molecule has 1 rings (SSSR count). The predicted octanol–water partition coefficient (Wildman–Crippen LogP) is 4.18. The van der Waals surface area contributed by atoms with Crippen molar-refractivity contribution in [2.75, 3.05) is 0 Å². The number of hydrogen-bond donors (Lipinski definition) is 2. The topological polar surface area (TPSA) is 74.6 Å².